The molecule has 0 spiro atoms. The van der Waals surface area contributed by atoms with E-state index in [1.165, 1.54) is 31.7 Å². The predicted octanol–water partition coefficient (Wildman–Crippen LogP) is 3.72. The summed E-state index contributed by atoms with van der Waals surface area (Å²) >= 11 is 6.13. The molecular weight excluding hydrogens is 466 g/mol. The van der Waals surface area contributed by atoms with Crippen molar-refractivity contribution in [2.75, 3.05) is 18.4 Å². The molecule has 0 saturated heterocycles. The number of methoxy groups -OCH3 is 1. The van der Waals surface area contributed by atoms with Crippen LogP contribution in [0.3, 0.4) is 0 Å². The summed E-state index contributed by atoms with van der Waals surface area (Å²) in [6.07, 6.45) is 5.57. The van der Waals surface area contributed by atoms with Crippen molar-refractivity contribution in [1.82, 2.24) is 10.6 Å². The highest BCUT2D eigenvalue weighted by atomic mass is 35.5. The molecule has 1 saturated carbocycles. The summed E-state index contributed by atoms with van der Waals surface area (Å²) in [7, 11) is -2.66. The van der Waals surface area contributed by atoms with E-state index in [1.54, 1.807) is 24.3 Å². The van der Waals surface area contributed by atoms with Gasteiger partial charge in [-0.1, -0.05) is 43.0 Å². The van der Waals surface area contributed by atoms with Gasteiger partial charge in [0.25, 0.3) is 15.9 Å². The maximum Gasteiger partial charge on any atom is 0.263 e. The maximum atomic E-state index is 12.9. The van der Waals surface area contributed by atoms with Gasteiger partial charge in [-0.2, -0.15) is 0 Å². The van der Waals surface area contributed by atoms with Crippen molar-refractivity contribution in [2.45, 2.75) is 49.5 Å². The van der Waals surface area contributed by atoms with Gasteiger partial charge >= 0.3 is 0 Å². The number of carbonyl (C=O) groups excluding carboxylic acids is 2. The van der Waals surface area contributed by atoms with Crippen LogP contribution in [0.5, 0.6) is 5.75 Å². The number of anilines is 1. The first-order valence-corrected chi connectivity index (χ1v) is 12.7. The predicted molar refractivity (Wildman–Crippen MR) is 127 cm³/mol. The third-order valence-electron chi connectivity index (χ3n) is 5.44. The topological polar surface area (TPSA) is 114 Å². The highest BCUT2D eigenvalue weighted by Crippen LogP contribution is 2.29. The standard InChI is InChI=1S/C23H28ClN3O5S/c1-32-20-10-6-5-9-19(20)27-33(30,31)21-15-16(11-12-18(21)24)23(29)25-14-13-22(28)26-17-7-3-2-4-8-17/h5-6,9-12,15,17,27H,2-4,7-8,13-14H2,1H3,(H,25,29)(H,26,28). The number of sulfonamides is 1. The van der Waals surface area contributed by atoms with Crippen LogP contribution < -0.4 is 20.1 Å². The summed E-state index contributed by atoms with van der Waals surface area (Å²) in [4.78, 5) is 24.4. The minimum Gasteiger partial charge on any atom is -0.495 e. The van der Waals surface area contributed by atoms with Crippen LogP contribution in [0.4, 0.5) is 5.69 Å². The number of amides is 2. The Kier molecular flexibility index (Phi) is 8.57. The monoisotopic (exact) mass is 493 g/mol. The van der Waals surface area contributed by atoms with E-state index in [1.807, 2.05) is 0 Å². The van der Waals surface area contributed by atoms with Gasteiger partial charge in [-0.3, -0.25) is 14.3 Å². The lowest BCUT2D eigenvalue weighted by Gasteiger charge is -2.22. The van der Waals surface area contributed by atoms with Crippen LogP contribution in [0.15, 0.2) is 47.4 Å². The lowest BCUT2D eigenvalue weighted by atomic mass is 9.95. The second-order valence-electron chi connectivity index (χ2n) is 7.86. The summed E-state index contributed by atoms with van der Waals surface area (Å²) in [5.41, 5.74) is 0.363. The first-order chi connectivity index (χ1) is 15.8. The minimum absolute atomic E-state index is 0.0270. The lowest BCUT2D eigenvalue weighted by Crippen LogP contribution is -2.38. The largest absolute Gasteiger partial charge is 0.495 e. The second-order valence-corrected chi connectivity index (χ2v) is 9.92. The third-order valence-corrected chi connectivity index (χ3v) is 7.29. The molecule has 2 amide bonds. The van der Waals surface area contributed by atoms with Crippen LogP contribution in [0.25, 0.3) is 0 Å². The number of rotatable bonds is 9. The van der Waals surface area contributed by atoms with Crippen LogP contribution >= 0.6 is 11.6 Å². The average Bonchev–Trinajstić information content (AvgIpc) is 2.80. The molecule has 0 aliphatic heterocycles. The number of ether oxygens (including phenoxy) is 1. The number of nitrogens with one attached hydrogen (secondary N) is 3. The Labute approximate surface area is 199 Å². The van der Waals surface area contributed by atoms with E-state index in [2.05, 4.69) is 15.4 Å². The minimum atomic E-state index is -4.09. The van der Waals surface area contributed by atoms with Gasteiger partial charge in [0.2, 0.25) is 5.91 Å². The molecule has 178 valence electrons. The molecule has 1 aliphatic carbocycles. The van der Waals surface area contributed by atoms with Gasteiger partial charge in [-0.25, -0.2) is 8.42 Å². The van der Waals surface area contributed by atoms with Gasteiger partial charge in [0, 0.05) is 24.6 Å². The molecule has 0 radical (unpaired) electrons. The summed E-state index contributed by atoms with van der Waals surface area (Å²) in [5.74, 6) is -0.258. The molecule has 0 aromatic heterocycles. The molecule has 3 rings (SSSR count). The van der Waals surface area contributed by atoms with E-state index < -0.39 is 15.9 Å². The van der Waals surface area contributed by atoms with E-state index in [-0.39, 0.29) is 46.1 Å². The fraction of sp³-hybridized carbons (Fsp3) is 0.391. The number of hydrogen-bond donors (Lipinski definition) is 3. The number of para-hydroxylation sites is 2. The fourth-order valence-corrected chi connectivity index (χ4v) is 5.31. The summed E-state index contributed by atoms with van der Waals surface area (Å²) < 4.78 is 33.5. The van der Waals surface area contributed by atoms with Crippen molar-refractivity contribution in [3.05, 3.63) is 53.1 Å². The molecular formula is C23H28ClN3O5S. The van der Waals surface area contributed by atoms with Gasteiger partial charge in [0.05, 0.1) is 17.8 Å². The van der Waals surface area contributed by atoms with E-state index in [0.717, 1.165) is 25.7 Å². The third kappa shape index (κ3) is 6.85. The van der Waals surface area contributed by atoms with Crippen molar-refractivity contribution in [3.8, 4) is 5.75 Å². The molecule has 10 heteroatoms. The van der Waals surface area contributed by atoms with Crippen molar-refractivity contribution in [2.24, 2.45) is 0 Å². The Morgan fingerprint density at radius 2 is 1.82 bits per heavy atom. The van der Waals surface area contributed by atoms with Gasteiger partial charge < -0.3 is 15.4 Å². The molecule has 0 bridgehead atoms. The molecule has 3 N–H and O–H groups in total. The maximum absolute atomic E-state index is 12.9. The number of carbonyl (C=O) groups is 2. The molecule has 1 fully saturated rings. The molecule has 0 unspecified atom stereocenters. The average molecular weight is 494 g/mol. The SMILES string of the molecule is COc1ccccc1NS(=O)(=O)c1cc(C(=O)NCCC(=O)NC2CCCCC2)ccc1Cl. The Hall–Kier alpha value is -2.78. The van der Waals surface area contributed by atoms with E-state index in [0.29, 0.717) is 5.75 Å². The van der Waals surface area contributed by atoms with Crippen molar-refractivity contribution in [1.29, 1.82) is 0 Å². The number of halogens is 1. The zero-order valence-corrected chi connectivity index (χ0v) is 20.0. The van der Waals surface area contributed by atoms with Crippen LogP contribution in [0.2, 0.25) is 5.02 Å². The van der Waals surface area contributed by atoms with Crippen LogP contribution in [0.1, 0.15) is 48.9 Å². The van der Waals surface area contributed by atoms with Crippen LogP contribution in [-0.4, -0.2) is 39.9 Å². The molecule has 33 heavy (non-hydrogen) atoms. The quantitative estimate of drug-likeness (QED) is 0.492. The van der Waals surface area contributed by atoms with Gasteiger partial charge in [-0.05, 0) is 43.2 Å². The molecule has 8 nitrogen and oxygen atoms in total. The van der Waals surface area contributed by atoms with Crippen molar-refractivity contribution >= 4 is 39.1 Å². The number of hydrogen-bond acceptors (Lipinski definition) is 5. The lowest BCUT2D eigenvalue weighted by molar-refractivity contribution is -0.121. The zero-order chi connectivity index (χ0) is 23.8. The van der Waals surface area contributed by atoms with E-state index in [4.69, 9.17) is 16.3 Å². The van der Waals surface area contributed by atoms with Crippen molar-refractivity contribution < 1.29 is 22.7 Å². The first kappa shape index (κ1) is 24.9. The second kappa shape index (κ2) is 11.4. The van der Waals surface area contributed by atoms with E-state index >= 15 is 0 Å². The van der Waals surface area contributed by atoms with Crippen molar-refractivity contribution in [3.63, 3.8) is 0 Å². The Bertz CT molecular complexity index is 1100. The summed E-state index contributed by atoms with van der Waals surface area (Å²) in [6.45, 7) is 0.140. The first-order valence-electron chi connectivity index (χ1n) is 10.8. The number of benzene rings is 2. The normalized spacial score (nSPS) is 14.4. The van der Waals surface area contributed by atoms with E-state index in [9.17, 15) is 18.0 Å². The summed E-state index contributed by atoms with van der Waals surface area (Å²) in [5, 5.41) is 5.62. The highest BCUT2D eigenvalue weighted by Gasteiger charge is 2.22. The van der Waals surface area contributed by atoms with Gasteiger partial charge in [-0.15, -0.1) is 0 Å². The Morgan fingerprint density at radius 3 is 2.55 bits per heavy atom. The molecule has 2 aromatic rings. The Morgan fingerprint density at radius 1 is 1.09 bits per heavy atom. The van der Waals surface area contributed by atoms with Gasteiger partial charge in [0.15, 0.2) is 0 Å². The smallest absolute Gasteiger partial charge is 0.263 e. The molecule has 0 heterocycles. The van der Waals surface area contributed by atoms with Crippen LogP contribution in [0, 0.1) is 0 Å². The highest BCUT2D eigenvalue weighted by molar-refractivity contribution is 7.92. The fourth-order valence-electron chi connectivity index (χ4n) is 3.72. The molecule has 2 aromatic carbocycles. The van der Waals surface area contributed by atoms with Gasteiger partial charge in [0.1, 0.15) is 10.6 Å². The zero-order valence-electron chi connectivity index (χ0n) is 18.4. The summed E-state index contributed by atoms with van der Waals surface area (Å²) in [6, 6.07) is 10.7. The van der Waals surface area contributed by atoms with Crippen LogP contribution in [-0.2, 0) is 14.8 Å². The molecule has 0 atom stereocenters. The molecule has 1 aliphatic rings. The Balaban J connectivity index is 1.62.